The lowest BCUT2D eigenvalue weighted by atomic mass is 9.94. The molecule has 0 aliphatic carbocycles. The summed E-state index contributed by atoms with van der Waals surface area (Å²) in [6.45, 7) is 14.4. The minimum absolute atomic E-state index is 0.0179. The molecule has 496 valence electrons. The van der Waals surface area contributed by atoms with Crippen LogP contribution in [0.5, 0.6) is 0 Å². The summed E-state index contributed by atoms with van der Waals surface area (Å²) in [5.74, 6) is -9.47. The number of carbonyl (C=O) groups excluding carboxylic acids is 12. The van der Waals surface area contributed by atoms with E-state index in [1.165, 1.54) is 25.8 Å². The topological polar surface area (TPSA) is 340 Å². The number of carbonyl (C=O) groups is 12. The van der Waals surface area contributed by atoms with Gasteiger partial charge in [-0.1, -0.05) is 129 Å². The zero-order chi connectivity index (χ0) is 66.2. The second-order valence-electron chi connectivity index (χ2n) is 25.8. The van der Waals surface area contributed by atoms with Crippen LogP contribution < -0.4 is 48.3 Å². The van der Waals surface area contributed by atoms with E-state index in [2.05, 4.69) is 42.5 Å². The first-order chi connectivity index (χ1) is 43.4. The highest BCUT2D eigenvalue weighted by molar-refractivity contribution is 6.03. The highest BCUT2D eigenvalue weighted by Crippen LogP contribution is 2.28. The molecule has 12 amide bonds. The molecule has 2 aromatic rings. The smallest absolute Gasteiger partial charge is 0.272 e. The summed E-state index contributed by atoms with van der Waals surface area (Å²) in [6, 6.07) is 6.74. The lowest BCUT2D eigenvalue weighted by Gasteiger charge is -2.34. The molecule has 7 rings (SSSR count). The predicted octanol–water partition coefficient (Wildman–Crippen LogP) is 1.19. The molecule has 4 fully saturated rings. The average molecular weight is 1260 g/mol. The van der Waals surface area contributed by atoms with Crippen LogP contribution in [0.4, 0.5) is 0 Å². The number of rotatable bonds is 19. The van der Waals surface area contributed by atoms with Crippen molar-refractivity contribution in [2.45, 2.75) is 199 Å². The molecular weight excluding hydrogens is 1170 g/mol. The number of amides is 12. The van der Waals surface area contributed by atoms with E-state index in [0.717, 1.165) is 5.56 Å². The first-order valence-electron chi connectivity index (χ1n) is 32.6. The Kier molecular flexibility index (Phi) is 25.1. The van der Waals surface area contributed by atoms with Gasteiger partial charge in [0.2, 0.25) is 65.0 Å². The molecule has 0 spiro atoms. The van der Waals surface area contributed by atoms with Crippen LogP contribution in [0, 0.1) is 23.7 Å². The fraction of sp³-hybridized carbons (Fsp3) is 0.606. The standard InChI is InChI=1S/C66H95N13O12/c1-9-40(7)54(60(85)69-37-52(67)80)75-62(87)55(41(8)10-2)74-59(84)49-26-18-30-77(49)65(90)47-36-68-45(33-38(3)4)63(88)76-29-17-25-48(76)57(82)70-44(34-42-21-13-11-14-22-42)56(81)71-46(35-43-23-15-12-16-24-43)64(89)79-32-20-28-51(79)66(91)78-31-19-27-50(78)58(83)73-53(39(5)6)61(86)72-47/h11-16,21-24,36,38-41,44-46,48-51,53-55,68H,9-10,17-20,25-35,37H2,1-8H3,(H2,67,80)(H,69,85)(H,70,82)(H,71,81)(H,72,86)(H,73,83)(H,74,84)(H,75,87)/t40-,41-,44-,45-,46-,48-,49-,50-,51-,53-,54-,55-/m0/s1. The third-order valence-electron chi connectivity index (χ3n) is 18.3. The van der Waals surface area contributed by atoms with Crippen LogP contribution in [-0.4, -0.2) is 184 Å². The van der Waals surface area contributed by atoms with Crippen molar-refractivity contribution in [2.75, 3.05) is 32.7 Å². The molecular formula is C66H95N13O12. The van der Waals surface area contributed by atoms with Gasteiger partial charge in [0.25, 0.3) is 5.91 Å². The Morgan fingerprint density at radius 3 is 1.60 bits per heavy atom. The number of nitrogens with two attached hydrogens (primary N) is 1. The molecule has 91 heavy (non-hydrogen) atoms. The maximum absolute atomic E-state index is 15.3. The molecule has 0 bridgehead atoms. The van der Waals surface area contributed by atoms with Gasteiger partial charge in [-0.25, -0.2) is 0 Å². The molecule has 25 nitrogen and oxygen atoms in total. The number of nitrogens with zero attached hydrogens (tertiary/aromatic N) is 4. The Hall–Kier alpha value is -8.38. The molecule has 0 aromatic heterocycles. The summed E-state index contributed by atoms with van der Waals surface area (Å²) in [6.07, 6.45) is 4.90. The molecule has 0 unspecified atom stereocenters. The second kappa shape index (κ2) is 32.6. The van der Waals surface area contributed by atoms with Crippen LogP contribution in [0.1, 0.15) is 137 Å². The van der Waals surface area contributed by atoms with Gasteiger partial charge in [-0.15, -0.1) is 0 Å². The van der Waals surface area contributed by atoms with E-state index >= 15 is 14.4 Å². The highest BCUT2D eigenvalue weighted by Gasteiger charge is 2.47. The Labute approximate surface area is 533 Å². The third kappa shape index (κ3) is 18.0. The van der Waals surface area contributed by atoms with Gasteiger partial charge in [0.1, 0.15) is 66.1 Å². The molecule has 10 N–H and O–H groups in total. The molecule has 5 heterocycles. The maximum Gasteiger partial charge on any atom is 0.272 e. The second-order valence-corrected chi connectivity index (χ2v) is 25.8. The predicted molar refractivity (Wildman–Crippen MR) is 337 cm³/mol. The van der Waals surface area contributed by atoms with Crippen molar-refractivity contribution >= 4 is 70.9 Å². The van der Waals surface area contributed by atoms with Crippen molar-refractivity contribution < 1.29 is 57.5 Å². The van der Waals surface area contributed by atoms with Gasteiger partial charge in [0.05, 0.1) is 6.54 Å². The third-order valence-corrected chi connectivity index (χ3v) is 18.3. The highest BCUT2D eigenvalue weighted by atomic mass is 16.2. The Bertz CT molecular complexity index is 3000. The summed E-state index contributed by atoms with van der Waals surface area (Å²) in [5, 5.41) is 22.7. The van der Waals surface area contributed by atoms with Gasteiger partial charge in [-0.2, -0.15) is 0 Å². The minimum Gasteiger partial charge on any atom is -0.378 e. The quantitative estimate of drug-likeness (QED) is 0.0956. The Morgan fingerprint density at radius 2 is 1.05 bits per heavy atom. The van der Waals surface area contributed by atoms with E-state index in [0.29, 0.717) is 44.1 Å². The number of benzene rings is 2. The summed E-state index contributed by atoms with van der Waals surface area (Å²) in [7, 11) is 0. The van der Waals surface area contributed by atoms with E-state index in [9.17, 15) is 43.2 Å². The Balaban J connectivity index is 1.25. The van der Waals surface area contributed by atoms with Gasteiger partial charge in [0.15, 0.2) is 0 Å². The van der Waals surface area contributed by atoms with Gasteiger partial charge in [-0.05, 0) is 92.6 Å². The minimum atomic E-state index is -1.31. The summed E-state index contributed by atoms with van der Waals surface area (Å²) in [4.78, 5) is 179. The van der Waals surface area contributed by atoms with Crippen LogP contribution >= 0.6 is 0 Å². The van der Waals surface area contributed by atoms with E-state index in [4.69, 9.17) is 5.73 Å². The summed E-state index contributed by atoms with van der Waals surface area (Å²) >= 11 is 0. The van der Waals surface area contributed by atoms with Crippen molar-refractivity contribution in [2.24, 2.45) is 29.4 Å². The number of hydrogen-bond donors (Lipinski definition) is 9. The first-order valence-corrected chi connectivity index (χ1v) is 32.6. The van der Waals surface area contributed by atoms with E-state index in [1.54, 1.807) is 39.8 Å². The maximum atomic E-state index is 15.3. The van der Waals surface area contributed by atoms with Crippen molar-refractivity contribution in [3.63, 3.8) is 0 Å². The zero-order valence-electron chi connectivity index (χ0n) is 53.9. The number of fused-ring (bicyclic) bond motifs is 3. The van der Waals surface area contributed by atoms with E-state index in [-0.39, 0.29) is 77.0 Å². The van der Waals surface area contributed by atoms with Crippen LogP contribution in [-0.2, 0) is 70.4 Å². The van der Waals surface area contributed by atoms with Crippen LogP contribution in [0.2, 0.25) is 0 Å². The molecule has 12 atom stereocenters. The molecule has 25 heteroatoms. The number of nitrogens with one attached hydrogen (secondary N) is 8. The number of likely N-dealkylation sites (tertiary alicyclic amines) is 1. The van der Waals surface area contributed by atoms with Crippen molar-refractivity contribution in [3.05, 3.63) is 83.7 Å². The molecule has 4 saturated heterocycles. The fourth-order valence-electron chi connectivity index (χ4n) is 12.8. The van der Waals surface area contributed by atoms with Crippen molar-refractivity contribution in [1.82, 2.24) is 62.1 Å². The van der Waals surface area contributed by atoms with E-state index < -0.39 is 161 Å². The van der Waals surface area contributed by atoms with Crippen molar-refractivity contribution in [3.8, 4) is 0 Å². The monoisotopic (exact) mass is 1260 g/mol. The largest absolute Gasteiger partial charge is 0.378 e. The van der Waals surface area contributed by atoms with Gasteiger partial charge in [0, 0.05) is 45.2 Å². The van der Waals surface area contributed by atoms with Gasteiger partial charge in [-0.3, -0.25) is 57.5 Å². The number of primary amides is 1. The Morgan fingerprint density at radius 1 is 0.560 bits per heavy atom. The van der Waals surface area contributed by atoms with Gasteiger partial charge < -0.3 is 67.9 Å². The lowest BCUT2D eigenvalue weighted by Crippen LogP contribution is -2.60. The molecule has 5 aliphatic heterocycles. The molecule has 0 saturated carbocycles. The molecule has 0 radical (unpaired) electrons. The number of hydrogen-bond acceptors (Lipinski definition) is 13. The van der Waals surface area contributed by atoms with Crippen molar-refractivity contribution in [1.29, 1.82) is 0 Å². The van der Waals surface area contributed by atoms with Gasteiger partial charge >= 0.3 is 0 Å². The average Bonchev–Trinajstić information content (AvgIpc) is 1.84. The molecule has 2 aromatic carbocycles. The first kappa shape index (κ1) is 70.1. The fourth-order valence-corrected chi connectivity index (χ4v) is 12.8. The normalized spacial score (nSPS) is 25.3. The molecule has 5 aliphatic rings. The lowest BCUT2D eigenvalue weighted by molar-refractivity contribution is -0.148. The van der Waals surface area contributed by atoms with Crippen LogP contribution in [0.15, 0.2) is 72.6 Å². The summed E-state index contributed by atoms with van der Waals surface area (Å²) in [5.41, 5.74) is 6.33. The van der Waals surface area contributed by atoms with E-state index in [1.807, 2.05) is 76.2 Å². The summed E-state index contributed by atoms with van der Waals surface area (Å²) < 4.78 is 0. The SMILES string of the molecule is CC[C@H](C)[C@H](NC(=O)[C@@H](NC(=O)[C@@H]1CCCN1C(=O)C1=CN[C@@H](CC(C)C)C(=O)N2CCC[C@H]2C(=O)N[C@@H](Cc2ccccc2)C(=O)N[C@@H](Cc2ccccc2)C(=O)N2CCC[C@H]2C(=O)N2CCC[C@H]2C(=O)N[C@@H](C(C)C)C(=O)N1)[C@@H](C)CC)C(=O)NCC(N)=O. The van der Waals surface area contributed by atoms with Crippen LogP contribution in [0.3, 0.4) is 0 Å². The van der Waals surface area contributed by atoms with Crippen LogP contribution in [0.25, 0.3) is 0 Å². The zero-order valence-corrected chi connectivity index (χ0v) is 53.9.